The molecule has 0 aliphatic rings. The van der Waals surface area contributed by atoms with Crippen LogP contribution in [0.2, 0.25) is 0 Å². The lowest BCUT2D eigenvalue weighted by Gasteiger charge is -2.01. The third-order valence-electron chi connectivity index (χ3n) is 2.90. The molecule has 2 rings (SSSR count). The summed E-state index contributed by atoms with van der Waals surface area (Å²) in [5.74, 6) is -0.227. The second-order valence-electron chi connectivity index (χ2n) is 4.43. The number of thiophene rings is 1. The van der Waals surface area contributed by atoms with Gasteiger partial charge in [-0.2, -0.15) is 0 Å². The van der Waals surface area contributed by atoms with Crippen LogP contribution in [0.25, 0.3) is 6.08 Å². The monoisotopic (exact) mass is 302 g/mol. The third kappa shape index (κ3) is 4.25. The van der Waals surface area contributed by atoms with E-state index in [-0.39, 0.29) is 11.6 Å². The van der Waals surface area contributed by atoms with Crippen LogP contribution in [-0.2, 0) is 11.3 Å². The lowest BCUT2D eigenvalue weighted by atomic mass is 10.2. The van der Waals surface area contributed by atoms with Gasteiger partial charge in [-0.3, -0.25) is 14.9 Å². The van der Waals surface area contributed by atoms with Gasteiger partial charge >= 0.3 is 0 Å². The highest BCUT2D eigenvalue weighted by Gasteiger charge is 2.04. The number of nitrogens with zero attached hydrogens (tertiary/aromatic N) is 1. The maximum absolute atomic E-state index is 11.7. The van der Waals surface area contributed by atoms with Crippen molar-refractivity contribution in [2.24, 2.45) is 0 Å². The number of aryl methyl sites for hydroxylation is 1. The van der Waals surface area contributed by atoms with Crippen molar-refractivity contribution in [1.29, 1.82) is 0 Å². The van der Waals surface area contributed by atoms with Crippen molar-refractivity contribution >= 4 is 29.0 Å². The summed E-state index contributed by atoms with van der Waals surface area (Å²) in [6, 6.07) is 8.14. The Balaban J connectivity index is 1.94. The van der Waals surface area contributed by atoms with Gasteiger partial charge in [0.2, 0.25) is 5.91 Å². The number of carbonyl (C=O) groups is 1. The average Bonchev–Trinajstić information content (AvgIpc) is 2.88. The molecular weight excluding hydrogens is 288 g/mol. The molecule has 1 N–H and O–H groups in total. The van der Waals surface area contributed by atoms with E-state index >= 15 is 0 Å². The molecular formula is C15H14N2O3S. The first-order chi connectivity index (χ1) is 10.1. The Hall–Kier alpha value is -2.47. The van der Waals surface area contributed by atoms with Crippen molar-refractivity contribution in [2.75, 3.05) is 0 Å². The van der Waals surface area contributed by atoms with Gasteiger partial charge in [0.05, 0.1) is 11.5 Å². The van der Waals surface area contributed by atoms with E-state index < -0.39 is 4.92 Å². The molecule has 5 nitrogen and oxygen atoms in total. The summed E-state index contributed by atoms with van der Waals surface area (Å²) in [6.45, 7) is 2.48. The van der Waals surface area contributed by atoms with Crippen LogP contribution in [0, 0.1) is 17.0 Å². The van der Waals surface area contributed by atoms with Gasteiger partial charge in [-0.05, 0) is 35.6 Å². The SMILES string of the molecule is Cc1ccsc1CNC(=O)/C=C/c1cccc([N+](=O)[O-])c1. The second-order valence-corrected chi connectivity index (χ2v) is 5.43. The van der Waals surface area contributed by atoms with E-state index in [1.54, 1.807) is 29.5 Å². The number of nitro groups is 1. The smallest absolute Gasteiger partial charge is 0.270 e. The normalized spacial score (nSPS) is 10.7. The predicted octanol–water partition coefficient (Wildman–Crippen LogP) is 3.29. The van der Waals surface area contributed by atoms with Crippen molar-refractivity contribution in [3.8, 4) is 0 Å². The molecule has 0 spiro atoms. The van der Waals surface area contributed by atoms with Crippen molar-refractivity contribution < 1.29 is 9.72 Å². The van der Waals surface area contributed by atoms with Crippen LogP contribution in [-0.4, -0.2) is 10.8 Å². The Morgan fingerprint density at radius 1 is 1.43 bits per heavy atom. The number of carbonyl (C=O) groups excluding carboxylic acids is 1. The molecule has 0 fully saturated rings. The predicted molar refractivity (Wildman–Crippen MR) is 83.0 cm³/mol. The van der Waals surface area contributed by atoms with Crippen molar-refractivity contribution in [3.63, 3.8) is 0 Å². The maximum Gasteiger partial charge on any atom is 0.270 e. The highest BCUT2D eigenvalue weighted by molar-refractivity contribution is 7.10. The number of rotatable bonds is 5. The first-order valence-corrected chi connectivity index (χ1v) is 7.17. The first-order valence-electron chi connectivity index (χ1n) is 6.29. The quantitative estimate of drug-likeness (QED) is 0.523. The molecule has 0 saturated heterocycles. The van der Waals surface area contributed by atoms with Crippen LogP contribution in [0.1, 0.15) is 16.0 Å². The summed E-state index contributed by atoms with van der Waals surface area (Å²) in [5, 5.41) is 15.4. The maximum atomic E-state index is 11.7. The van der Waals surface area contributed by atoms with Crippen molar-refractivity contribution in [3.05, 3.63) is 67.9 Å². The molecule has 0 aliphatic carbocycles. The van der Waals surface area contributed by atoms with Crippen molar-refractivity contribution in [1.82, 2.24) is 5.32 Å². The molecule has 1 aromatic heterocycles. The first kappa shape index (κ1) is 14.9. The number of nitro benzene ring substituents is 1. The van der Waals surface area contributed by atoms with E-state index in [1.165, 1.54) is 18.2 Å². The van der Waals surface area contributed by atoms with Gasteiger partial charge in [-0.25, -0.2) is 0 Å². The fourth-order valence-electron chi connectivity index (χ4n) is 1.73. The Morgan fingerprint density at radius 3 is 2.90 bits per heavy atom. The standard InChI is InChI=1S/C15H14N2O3S/c1-11-7-8-21-14(11)10-16-15(18)6-5-12-3-2-4-13(9-12)17(19)20/h2-9H,10H2,1H3,(H,16,18)/b6-5+. The Labute approximate surface area is 126 Å². The molecule has 1 aromatic carbocycles. The van der Waals surface area contributed by atoms with Crippen LogP contribution >= 0.6 is 11.3 Å². The van der Waals surface area contributed by atoms with Gasteiger partial charge in [-0.1, -0.05) is 12.1 Å². The number of amides is 1. The summed E-state index contributed by atoms with van der Waals surface area (Å²) in [5.41, 5.74) is 1.78. The van der Waals surface area contributed by atoms with Gasteiger partial charge < -0.3 is 5.32 Å². The summed E-state index contributed by atoms with van der Waals surface area (Å²) in [6.07, 6.45) is 2.94. The molecule has 0 unspecified atom stereocenters. The van der Waals surface area contributed by atoms with E-state index in [9.17, 15) is 14.9 Å². The zero-order valence-corrected chi connectivity index (χ0v) is 12.2. The van der Waals surface area contributed by atoms with Gasteiger partial charge in [-0.15, -0.1) is 11.3 Å². The third-order valence-corrected chi connectivity index (χ3v) is 3.92. The molecule has 1 heterocycles. The minimum atomic E-state index is -0.461. The summed E-state index contributed by atoms with van der Waals surface area (Å²) in [7, 11) is 0. The molecule has 2 aromatic rings. The van der Waals surface area contributed by atoms with Gasteiger partial charge in [0.1, 0.15) is 0 Å². The average molecular weight is 302 g/mol. The second kappa shape index (κ2) is 6.81. The van der Waals surface area contributed by atoms with Crippen LogP contribution in [0.4, 0.5) is 5.69 Å². The fourth-order valence-corrected chi connectivity index (χ4v) is 2.57. The van der Waals surface area contributed by atoms with Gasteiger partial charge in [0.25, 0.3) is 5.69 Å². The van der Waals surface area contributed by atoms with E-state index in [0.717, 1.165) is 10.4 Å². The number of hydrogen-bond acceptors (Lipinski definition) is 4. The van der Waals surface area contributed by atoms with E-state index in [4.69, 9.17) is 0 Å². The number of benzene rings is 1. The van der Waals surface area contributed by atoms with Crippen LogP contribution in [0.15, 0.2) is 41.8 Å². The molecule has 0 radical (unpaired) electrons. The molecule has 1 amide bonds. The number of non-ortho nitro benzene ring substituents is 1. The lowest BCUT2D eigenvalue weighted by Crippen LogP contribution is -2.19. The van der Waals surface area contributed by atoms with Crippen LogP contribution < -0.4 is 5.32 Å². The minimum Gasteiger partial charge on any atom is -0.348 e. The Morgan fingerprint density at radius 2 is 2.24 bits per heavy atom. The highest BCUT2D eigenvalue weighted by Crippen LogP contribution is 2.15. The number of nitrogens with one attached hydrogen (secondary N) is 1. The molecule has 21 heavy (non-hydrogen) atoms. The number of hydrogen-bond donors (Lipinski definition) is 1. The topological polar surface area (TPSA) is 72.2 Å². The molecule has 0 aliphatic heterocycles. The van der Waals surface area contributed by atoms with E-state index in [0.29, 0.717) is 12.1 Å². The molecule has 0 atom stereocenters. The summed E-state index contributed by atoms with van der Waals surface area (Å²) >= 11 is 1.60. The molecule has 0 saturated carbocycles. The zero-order valence-electron chi connectivity index (χ0n) is 11.4. The fraction of sp³-hybridized carbons (Fsp3) is 0.133. The largest absolute Gasteiger partial charge is 0.348 e. The van der Waals surface area contributed by atoms with Crippen molar-refractivity contribution in [2.45, 2.75) is 13.5 Å². The Kier molecular flexibility index (Phi) is 4.84. The highest BCUT2D eigenvalue weighted by atomic mass is 32.1. The lowest BCUT2D eigenvalue weighted by molar-refractivity contribution is -0.384. The Bertz CT molecular complexity index is 692. The van der Waals surface area contributed by atoms with Crippen LogP contribution in [0.3, 0.4) is 0 Å². The molecule has 6 heteroatoms. The van der Waals surface area contributed by atoms with Gasteiger partial charge in [0.15, 0.2) is 0 Å². The van der Waals surface area contributed by atoms with Crippen LogP contribution in [0.5, 0.6) is 0 Å². The van der Waals surface area contributed by atoms with E-state index in [1.807, 2.05) is 18.4 Å². The zero-order chi connectivity index (χ0) is 15.2. The minimum absolute atomic E-state index is 0.00627. The van der Waals surface area contributed by atoms with Gasteiger partial charge in [0, 0.05) is 23.1 Å². The molecule has 108 valence electrons. The summed E-state index contributed by atoms with van der Waals surface area (Å²) in [4.78, 5) is 23.0. The summed E-state index contributed by atoms with van der Waals surface area (Å²) < 4.78 is 0. The van der Waals surface area contributed by atoms with E-state index in [2.05, 4.69) is 5.32 Å². The molecule has 0 bridgehead atoms.